The third kappa shape index (κ3) is 12.5. The lowest BCUT2D eigenvalue weighted by Crippen LogP contribution is -2.57. The predicted molar refractivity (Wildman–Crippen MR) is 125 cm³/mol. The van der Waals surface area contributed by atoms with Gasteiger partial charge in [-0.15, -0.1) is 0 Å². The van der Waals surface area contributed by atoms with Crippen LogP contribution in [0.3, 0.4) is 0 Å². The van der Waals surface area contributed by atoms with Gasteiger partial charge >= 0.3 is 11.9 Å². The molecular weight excluding hydrogens is 446 g/mol. The summed E-state index contributed by atoms with van der Waals surface area (Å²) in [7, 11) is 0. The molecule has 4 unspecified atom stereocenters. The van der Waals surface area contributed by atoms with Gasteiger partial charge in [-0.1, -0.05) is 27.7 Å². The molecule has 12 heteroatoms. The first-order chi connectivity index (χ1) is 15.8. The van der Waals surface area contributed by atoms with Gasteiger partial charge in [-0.2, -0.15) is 0 Å². The van der Waals surface area contributed by atoms with E-state index in [0.29, 0.717) is 19.4 Å². The van der Waals surface area contributed by atoms with Gasteiger partial charge < -0.3 is 37.6 Å². The van der Waals surface area contributed by atoms with Gasteiger partial charge in [-0.05, 0) is 50.5 Å². The largest absolute Gasteiger partial charge is 0.481 e. The van der Waals surface area contributed by atoms with Crippen LogP contribution in [0.4, 0.5) is 0 Å². The standard InChI is InChI=1S/C22H41N5O7/c1-12(2)11-16(22(33)34)27-19(30)14(7-5-6-10-23)25-20(31)15(8-9-17(28)29)26-21(32)18(24)13(3)4/h12-16,18H,5-11,23-24H2,1-4H3,(H,25,31)(H,26,32)(H,27,30)(H,28,29)(H,33,34). The summed E-state index contributed by atoms with van der Waals surface area (Å²) in [6, 6.07) is -4.36. The molecule has 0 aromatic carbocycles. The third-order valence-corrected chi connectivity index (χ3v) is 5.20. The highest BCUT2D eigenvalue weighted by Crippen LogP contribution is 2.09. The molecule has 0 aliphatic rings. The van der Waals surface area contributed by atoms with Crippen LogP contribution in [0.5, 0.6) is 0 Å². The normalized spacial score (nSPS) is 14.7. The maximum absolute atomic E-state index is 12.9. The Labute approximate surface area is 200 Å². The summed E-state index contributed by atoms with van der Waals surface area (Å²) >= 11 is 0. The Bertz CT molecular complexity index is 699. The molecule has 0 aliphatic carbocycles. The minimum absolute atomic E-state index is 0.00691. The Balaban J connectivity index is 5.58. The number of amides is 3. The summed E-state index contributed by atoms with van der Waals surface area (Å²) in [6.45, 7) is 7.47. The molecule has 196 valence electrons. The highest BCUT2D eigenvalue weighted by atomic mass is 16.4. The van der Waals surface area contributed by atoms with E-state index >= 15 is 0 Å². The Kier molecular flexibility index (Phi) is 14.7. The second-order valence-corrected chi connectivity index (χ2v) is 9.14. The number of carboxylic acids is 2. The van der Waals surface area contributed by atoms with Gasteiger partial charge in [0.25, 0.3) is 0 Å². The molecule has 4 atom stereocenters. The number of hydrogen-bond acceptors (Lipinski definition) is 7. The van der Waals surface area contributed by atoms with Gasteiger partial charge in [0.15, 0.2) is 0 Å². The van der Waals surface area contributed by atoms with Crippen molar-refractivity contribution in [2.24, 2.45) is 23.3 Å². The number of aliphatic carboxylic acids is 2. The zero-order valence-electron chi connectivity index (χ0n) is 20.5. The van der Waals surface area contributed by atoms with Crippen molar-refractivity contribution in [1.29, 1.82) is 0 Å². The number of carboxylic acid groups (broad SMARTS) is 2. The number of carbonyl (C=O) groups excluding carboxylic acids is 3. The summed E-state index contributed by atoms with van der Waals surface area (Å²) in [5.41, 5.74) is 11.3. The molecular formula is C22H41N5O7. The molecule has 0 aliphatic heterocycles. The van der Waals surface area contributed by atoms with Crippen LogP contribution in [0.2, 0.25) is 0 Å². The molecule has 0 radical (unpaired) electrons. The number of hydrogen-bond donors (Lipinski definition) is 7. The number of rotatable bonds is 17. The van der Waals surface area contributed by atoms with Crippen LogP contribution < -0.4 is 27.4 Å². The van der Waals surface area contributed by atoms with Crippen LogP contribution in [0, 0.1) is 11.8 Å². The number of nitrogens with one attached hydrogen (secondary N) is 3. The average molecular weight is 488 g/mol. The second kappa shape index (κ2) is 16.0. The number of carbonyl (C=O) groups is 5. The molecule has 0 rings (SSSR count). The van der Waals surface area contributed by atoms with Crippen molar-refractivity contribution in [3.63, 3.8) is 0 Å². The van der Waals surface area contributed by atoms with Crippen molar-refractivity contribution in [3.8, 4) is 0 Å². The molecule has 0 heterocycles. The first-order valence-electron chi connectivity index (χ1n) is 11.6. The SMILES string of the molecule is CC(C)CC(NC(=O)C(CCCCN)NC(=O)C(CCC(=O)O)NC(=O)C(N)C(C)C)C(=O)O. The average Bonchev–Trinajstić information content (AvgIpc) is 2.73. The Hall–Kier alpha value is -2.73. The molecule has 0 saturated heterocycles. The van der Waals surface area contributed by atoms with E-state index in [1.165, 1.54) is 0 Å². The predicted octanol–water partition coefficient (Wildman–Crippen LogP) is -0.451. The molecule has 34 heavy (non-hydrogen) atoms. The topological polar surface area (TPSA) is 214 Å². The summed E-state index contributed by atoms with van der Waals surface area (Å²) in [5.74, 6) is -4.61. The number of unbranched alkanes of at least 4 members (excludes halogenated alkanes) is 1. The van der Waals surface area contributed by atoms with Crippen molar-refractivity contribution >= 4 is 29.7 Å². The van der Waals surface area contributed by atoms with Gasteiger partial charge in [0.1, 0.15) is 18.1 Å². The third-order valence-electron chi connectivity index (χ3n) is 5.20. The van der Waals surface area contributed by atoms with Gasteiger partial charge in [0.2, 0.25) is 17.7 Å². The van der Waals surface area contributed by atoms with Crippen LogP contribution >= 0.6 is 0 Å². The van der Waals surface area contributed by atoms with E-state index in [1.54, 1.807) is 13.8 Å². The highest BCUT2D eigenvalue weighted by Gasteiger charge is 2.31. The fourth-order valence-corrected chi connectivity index (χ4v) is 3.11. The number of nitrogens with two attached hydrogens (primary N) is 2. The molecule has 9 N–H and O–H groups in total. The monoisotopic (exact) mass is 487 g/mol. The maximum Gasteiger partial charge on any atom is 0.326 e. The molecule has 0 saturated carbocycles. The summed E-state index contributed by atoms with van der Waals surface area (Å²) in [6.07, 6.45) is 0.856. The lowest BCUT2D eigenvalue weighted by molar-refractivity contribution is -0.142. The van der Waals surface area contributed by atoms with Crippen LogP contribution in [-0.2, 0) is 24.0 Å². The van der Waals surface area contributed by atoms with E-state index < -0.39 is 60.2 Å². The molecule has 3 amide bonds. The first-order valence-corrected chi connectivity index (χ1v) is 11.6. The van der Waals surface area contributed by atoms with Crippen molar-refractivity contribution in [1.82, 2.24) is 16.0 Å². The lowest BCUT2D eigenvalue weighted by Gasteiger charge is -2.26. The Morgan fingerprint density at radius 3 is 1.71 bits per heavy atom. The highest BCUT2D eigenvalue weighted by molar-refractivity contribution is 5.94. The van der Waals surface area contributed by atoms with Crippen LogP contribution in [0.25, 0.3) is 0 Å². The molecule has 0 fully saturated rings. The van der Waals surface area contributed by atoms with Crippen LogP contribution in [0.15, 0.2) is 0 Å². The zero-order valence-corrected chi connectivity index (χ0v) is 20.5. The van der Waals surface area contributed by atoms with Crippen molar-refractivity contribution in [2.75, 3.05) is 6.54 Å². The Morgan fingerprint density at radius 2 is 1.26 bits per heavy atom. The molecule has 12 nitrogen and oxygen atoms in total. The van der Waals surface area contributed by atoms with E-state index in [2.05, 4.69) is 16.0 Å². The quantitative estimate of drug-likeness (QED) is 0.132. The maximum atomic E-state index is 12.9. The van der Waals surface area contributed by atoms with E-state index in [-0.39, 0.29) is 31.1 Å². The molecule has 0 aromatic rings. The van der Waals surface area contributed by atoms with E-state index in [9.17, 15) is 29.1 Å². The van der Waals surface area contributed by atoms with E-state index in [0.717, 1.165) is 0 Å². The fourth-order valence-electron chi connectivity index (χ4n) is 3.11. The first kappa shape index (κ1) is 31.3. The zero-order chi connectivity index (χ0) is 26.4. The summed E-state index contributed by atoms with van der Waals surface area (Å²) in [5, 5.41) is 25.9. The smallest absolute Gasteiger partial charge is 0.326 e. The summed E-state index contributed by atoms with van der Waals surface area (Å²) < 4.78 is 0. The molecule has 0 aromatic heterocycles. The van der Waals surface area contributed by atoms with Crippen LogP contribution in [-0.4, -0.2) is 70.6 Å². The molecule has 0 spiro atoms. The van der Waals surface area contributed by atoms with Gasteiger partial charge in [0, 0.05) is 6.42 Å². The minimum Gasteiger partial charge on any atom is -0.481 e. The van der Waals surface area contributed by atoms with Crippen molar-refractivity contribution in [2.45, 2.75) is 90.4 Å². The Morgan fingerprint density at radius 1 is 0.765 bits per heavy atom. The fraction of sp³-hybridized carbons (Fsp3) is 0.773. The molecule has 0 bridgehead atoms. The van der Waals surface area contributed by atoms with E-state index in [1.807, 2.05) is 13.8 Å². The van der Waals surface area contributed by atoms with Crippen molar-refractivity contribution < 1.29 is 34.2 Å². The second-order valence-electron chi connectivity index (χ2n) is 9.14. The lowest BCUT2D eigenvalue weighted by atomic mass is 10.0. The summed E-state index contributed by atoms with van der Waals surface area (Å²) in [4.78, 5) is 60.8. The van der Waals surface area contributed by atoms with Crippen LogP contribution in [0.1, 0.15) is 66.2 Å². The van der Waals surface area contributed by atoms with Crippen molar-refractivity contribution in [3.05, 3.63) is 0 Å². The van der Waals surface area contributed by atoms with Gasteiger partial charge in [-0.3, -0.25) is 19.2 Å². The minimum atomic E-state index is -1.23. The van der Waals surface area contributed by atoms with Gasteiger partial charge in [0.05, 0.1) is 6.04 Å². The van der Waals surface area contributed by atoms with Gasteiger partial charge in [-0.25, -0.2) is 4.79 Å². The van der Waals surface area contributed by atoms with E-state index in [4.69, 9.17) is 16.6 Å².